The summed E-state index contributed by atoms with van der Waals surface area (Å²) in [6.45, 7) is 19.6. The minimum absolute atomic E-state index is 0.752. The summed E-state index contributed by atoms with van der Waals surface area (Å²) >= 11 is 15.2. The molecular weight excluding hydrogens is 519 g/mol. The highest BCUT2D eigenvalue weighted by atomic mass is 79.9. The summed E-state index contributed by atoms with van der Waals surface area (Å²) in [7, 11) is -5.83. The van der Waals surface area contributed by atoms with Gasteiger partial charge in [0.05, 0.1) is 0 Å². The zero-order valence-corrected chi connectivity index (χ0v) is 25.0. The molecule has 0 N–H and O–H groups in total. The van der Waals surface area contributed by atoms with Gasteiger partial charge in [0.2, 0.25) is 0 Å². The SMILES string of the molecule is Cc1ccc(Cl)cc1Br.Cc1ccc(Cl)cc1[Si](C)(O[Si](C)(C)C)O[Si](C)(C)C. The molecule has 2 nitrogen and oxygen atoms in total. The predicted molar refractivity (Wildman–Crippen MR) is 140 cm³/mol. The van der Waals surface area contributed by atoms with Crippen LogP contribution in [0.5, 0.6) is 0 Å². The molecular formula is C21H33BrCl2O2Si3. The van der Waals surface area contributed by atoms with Crippen LogP contribution in [0.25, 0.3) is 0 Å². The lowest BCUT2D eigenvalue weighted by Gasteiger charge is -2.39. The zero-order valence-electron chi connectivity index (χ0n) is 18.9. The second kappa shape index (κ2) is 10.6. The first-order valence-corrected chi connectivity index (χ1v) is 20.3. The van der Waals surface area contributed by atoms with Crippen molar-refractivity contribution in [1.29, 1.82) is 0 Å². The third-order valence-electron chi connectivity index (χ3n) is 3.82. The van der Waals surface area contributed by atoms with Gasteiger partial charge in [-0.15, -0.1) is 0 Å². The largest absolute Gasteiger partial charge is 0.433 e. The third kappa shape index (κ3) is 9.82. The molecule has 0 aliphatic rings. The highest BCUT2D eigenvalue weighted by molar-refractivity contribution is 9.10. The fourth-order valence-corrected chi connectivity index (χ4v) is 15.9. The Hall–Kier alpha value is 0.0706. The summed E-state index contributed by atoms with van der Waals surface area (Å²) in [5, 5.41) is 2.70. The molecule has 0 radical (unpaired) electrons. The molecule has 2 rings (SSSR count). The summed E-state index contributed by atoms with van der Waals surface area (Å²) in [5.41, 5.74) is 2.42. The predicted octanol–water partition coefficient (Wildman–Crippen LogP) is 8.04. The van der Waals surface area contributed by atoms with Gasteiger partial charge in [-0.3, -0.25) is 0 Å². The number of hydrogen-bond acceptors (Lipinski definition) is 2. The van der Waals surface area contributed by atoms with Gasteiger partial charge in [-0.25, -0.2) is 0 Å². The van der Waals surface area contributed by atoms with Crippen LogP contribution in [0.3, 0.4) is 0 Å². The van der Waals surface area contributed by atoms with E-state index >= 15 is 0 Å². The van der Waals surface area contributed by atoms with E-state index in [-0.39, 0.29) is 0 Å². The van der Waals surface area contributed by atoms with E-state index < -0.39 is 25.2 Å². The number of benzene rings is 2. The van der Waals surface area contributed by atoms with Gasteiger partial charge in [0, 0.05) is 14.5 Å². The Bertz CT molecular complexity index is 818. The fourth-order valence-electron chi connectivity index (χ4n) is 2.95. The maximum absolute atomic E-state index is 6.55. The Balaban J connectivity index is 0.000000387. The Morgan fingerprint density at radius 2 is 1.10 bits per heavy atom. The van der Waals surface area contributed by atoms with Crippen molar-refractivity contribution >= 4 is 69.5 Å². The second-order valence-corrected chi connectivity index (χ2v) is 23.5. The molecule has 0 aliphatic carbocycles. The maximum Gasteiger partial charge on any atom is 0.349 e. The van der Waals surface area contributed by atoms with Crippen LogP contribution in [0, 0.1) is 13.8 Å². The van der Waals surface area contributed by atoms with E-state index in [0.717, 1.165) is 14.5 Å². The van der Waals surface area contributed by atoms with Crippen LogP contribution in [0.2, 0.25) is 55.9 Å². The van der Waals surface area contributed by atoms with Crippen LogP contribution in [0.15, 0.2) is 40.9 Å². The summed E-state index contributed by atoms with van der Waals surface area (Å²) in [6.07, 6.45) is 0. The Labute approximate surface area is 198 Å². The summed E-state index contributed by atoms with van der Waals surface area (Å²) < 4.78 is 14.2. The average molecular weight is 553 g/mol. The van der Waals surface area contributed by atoms with Crippen LogP contribution in [0.1, 0.15) is 11.1 Å². The third-order valence-corrected chi connectivity index (χ3v) is 14.7. The molecule has 0 heterocycles. The molecule has 0 fully saturated rings. The maximum atomic E-state index is 6.55. The molecule has 8 heteroatoms. The Morgan fingerprint density at radius 3 is 1.48 bits per heavy atom. The number of halogens is 3. The quantitative estimate of drug-likeness (QED) is 0.350. The zero-order chi connectivity index (χ0) is 22.6. The topological polar surface area (TPSA) is 18.5 Å². The summed E-state index contributed by atoms with van der Waals surface area (Å²) in [6, 6.07) is 11.8. The van der Waals surface area contributed by atoms with E-state index in [0.29, 0.717) is 0 Å². The van der Waals surface area contributed by atoms with Crippen LogP contribution in [0.4, 0.5) is 0 Å². The van der Waals surface area contributed by atoms with E-state index in [1.165, 1.54) is 16.3 Å². The molecule has 0 saturated carbocycles. The van der Waals surface area contributed by atoms with Gasteiger partial charge in [-0.05, 0) is 100 Å². The molecule has 0 unspecified atom stereocenters. The summed E-state index contributed by atoms with van der Waals surface area (Å²) in [5.74, 6) is 0. The normalized spacial score (nSPS) is 12.4. The van der Waals surface area contributed by atoms with E-state index in [1.54, 1.807) is 0 Å². The molecule has 0 amide bonds. The van der Waals surface area contributed by atoms with Gasteiger partial charge in [-0.1, -0.05) is 51.3 Å². The molecule has 0 saturated heterocycles. The summed E-state index contributed by atoms with van der Waals surface area (Å²) in [4.78, 5) is 0. The van der Waals surface area contributed by atoms with Crippen molar-refractivity contribution in [3.05, 3.63) is 62.0 Å². The molecule has 0 aromatic heterocycles. The van der Waals surface area contributed by atoms with Crippen molar-refractivity contribution in [2.45, 2.75) is 59.7 Å². The van der Waals surface area contributed by atoms with Crippen LogP contribution < -0.4 is 5.19 Å². The van der Waals surface area contributed by atoms with Crippen molar-refractivity contribution in [1.82, 2.24) is 0 Å². The van der Waals surface area contributed by atoms with E-state index in [9.17, 15) is 0 Å². The Kier molecular flexibility index (Phi) is 9.90. The smallest absolute Gasteiger partial charge is 0.349 e. The molecule has 162 valence electrons. The Morgan fingerprint density at radius 1 is 0.690 bits per heavy atom. The van der Waals surface area contributed by atoms with Crippen molar-refractivity contribution in [3.8, 4) is 0 Å². The molecule has 0 atom stereocenters. The van der Waals surface area contributed by atoms with Crippen LogP contribution in [-0.4, -0.2) is 25.2 Å². The van der Waals surface area contributed by atoms with Crippen molar-refractivity contribution < 1.29 is 8.23 Å². The minimum Gasteiger partial charge on any atom is -0.433 e. The first-order valence-electron chi connectivity index (χ1n) is 9.61. The van der Waals surface area contributed by atoms with Gasteiger partial charge in [0.25, 0.3) is 0 Å². The standard InChI is InChI=1S/C14H27ClO2Si3.C7H6BrCl/c1-12-9-10-13(15)11-14(12)20(8,16-18(2,3)4)17-19(5,6)7;1-5-2-3-6(9)4-7(5)8/h9-11H,1-8H3;2-4H,1H3. The van der Waals surface area contributed by atoms with Gasteiger partial charge >= 0.3 is 8.56 Å². The minimum atomic E-state index is -2.43. The van der Waals surface area contributed by atoms with Gasteiger partial charge in [0.1, 0.15) is 0 Å². The van der Waals surface area contributed by atoms with Crippen LogP contribution in [-0.2, 0) is 8.23 Å². The first kappa shape index (κ1) is 27.1. The molecule has 0 spiro atoms. The fraction of sp³-hybridized carbons (Fsp3) is 0.429. The average Bonchev–Trinajstić information content (AvgIpc) is 2.50. The van der Waals surface area contributed by atoms with Crippen molar-refractivity contribution in [2.75, 3.05) is 0 Å². The first-order chi connectivity index (χ1) is 13.0. The van der Waals surface area contributed by atoms with E-state index in [4.69, 9.17) is 31.4 Å². The van der Waals surface area contributed by atoms with E-state index in [1.807, 2.05) is 37.3 Å². The van der Waals surface area contributed by atoms with Gasteiger partial charge in [-0.2, -0.15) is 0 Å². The van der Waals surface area contributed by atoms with Crippen LogP contribution >= 0.6 is 39.1 Å². The van der Waals surface area contributed by atoms with Crippen molar-refractivity contribution in [2.24, 2.45) is 0 Å². The highest BCUT2D eigenvalue weighted by Crippen LogP contribution is 2.23. The number of hydrogen-bond donors (Lipinski definition) is 0. The molecule has 2 aromatic carbocycles. The van der Waals surface area contributed by atoms with Gasteiger partial charge in [0.15, 0.2) is 16.6 Å². The number of rotatable bonds is 5. The molecule has 29 heavy (non-hydrogen) atoms. The van der Waals surface area contributed by atoms with E-state index in [2.05, 4.69) is 74.7 Å². The van der Waals surface area contributed by atoms with Gasteiger partial charge < -0.3 is 8.23 Å². The lowest BCUT2D eigenvalue weighted by molar-refractivity contribution is 0.404. The second-order valence-electron chi connectivity index (χ2n) is 9.23. The van der Waals surface area contributed by atoms with Crippen molar-refractivity contribution in [3.63, 3.8) is 0 Å². The molecule has 2 aromatic rings. The lowest BCUT2D eigenvalue weighted by Crippen LogP contribution is -2.61. The monoisotopic (exact) mass is 550 g/mol. The molecule has 0 aliphatic heterocycles. The number of aryl methyl sites for hydroxylation is 2. The highest BCUT2D eigenvalue weighted by Gasteiger charge is 2.43. The lowest BCUT2D eigenvalue weighted by atomic mass is 10.2. The molecule has 0 bridgehead atoms.